The lowest BCUT2D eigenvalue weighted by atomic mass is 9.90. The van der Waals surface area contributed by atoms with Crippen molar-refractivity contribution >= 4 is 43.3 Å². The van der Waals surface area contributed by atoms with E-state index in [1.54, 1.807) is 0 Å². The lowest BCUT2D eigenvalue weighted by molar-refractivity contribution is 0.0948. The molecule has 2 aromatic heterocycles. The first kappa shape index (κ1) is 25.6. The molecule has 1 aromatic carbocycles. The van der Waals surface area contributed by atoms with E-state index in [9.17, 15) is 13.2 Å². The van der Waals surface area contributed by atoms with Gasteiger partial charge in [-0.05, 0) is 87.1 Å². The van der Waals surface area contributed by atoms with Crippen molar-refractivity contribution < 1.29 is 18.3 Å². The largest absolute Gasteiger partial charge is 0.395 e. The second kappa shape index (κ2) is 10.0. The normalized spacial score (nSPS) is 16.4. The summed E-state index contributed by atoms with van der Waals surface area (Å²) < 4.78 is 26.1. The molecule has 8 nitrogen and oxygen atoms in total. The third-order valence-corrected chi connectivity index (χ3v) is 9.63. The quantitative estimate of drug-likeness (QED) is 0.395. The second-order valence-corrected chi connectivity index (χ2v) is 12.5. The maximum atomic E-state index is 13.3. The molecule has 1 fully saturated rings. The first-order valence-corrected chi connectivity index (χ1v) is 14.4. The number of fused-ring (bicyclic) bond motifs is 3. The summed E-state index contributed by atoms with van der Waals surface area (Å²) in [5, 5.41) is 13.8. The molecular weight excluding hydrogens is 488 g/mol. The molecule has 0 unspecified atom stereocenters. The zero-order valence-corrected chi connectivity index (χ0v) is 22.4. The predicted octanol–water partition coefficient (Wildman–Crippen LogP) is 3.63. The lowest BCUT2D eigenvalue weighted by Gasteiger charge is -2.19. The molecule has 2 aliphatic carbocycles. The van der Waals surface area contributed by atoms with Gasteiger partial charge in [-0.25, -0.2) is 13.4 Å². The molecule has 0 radical (unpaired) electrons. The minimum atomic E-state index is -3.32. The number of allylic oxidation sites excluding steroid dienone is 3. The van der Waals surface area contributed by atoms with Crippen molar-refractivity contribution in [3.8, 4) is 0 Å². The number of likely N-dealkylation sites (N-methyl/N-ethyl adjacent to an activating group) is 1. The Bertz CT molecular complexity index is 1550. The number of hydrogen-bond acceptors (Lipinski definition) is 6. The second-order valence-electron chi connectivity index (χ2n) is 10.2. The topological polar surface area (TPSA) is 115 Å². The van der Waals surface area contributed by atoms with Crippen LogP contribution < -0.4 is 5.32 Å². The van der Waals surface area contributed by atoms with Crippen LogP contribution in [0, 0.1) is 13.8 Å². The molecule has 196 valence electrons. The van der Waals surface area contributed by atoms with E-state index in [0.717, 1.165) is 57.0 Å². The number of aliphatic hydroxyl groups excluding tert-OH is 1. The van der Waals surface area contributed by atoms with Crippen molar-refractivity contribution in [2.75, 3.05) is 33.3 Å². The van der Waals surface area contributed by atoms with E-state index < -0.39 is 9.84 Å². The number of nitrogens with zero attached hydrogens (tertiary/aromatic N) is 2. The molecule has 0 saturated heterocycles. The van der Waals surface area contributed by atoms with Crippen LogP contribution in [0.2, 0.25) is 0 Å². The standard InChI is InChI=1S/C28H34N4O4S/c1-17-13-24-25-23(19-5-4-6-21(14-19)37(35,36)20-7-8-20)15-22(18(2)26(25)31-27(24)30-16-17)28(34)29-9-10-32(3)11-12-33/h6,13-16,20,33H,4-5,7-12H2,1-3H3,(H,29,34)(H,30,31). The highest BCUT2D eigenvalue weighted by Gasteiger charge is 2.38. The van der Waals surface area contributed by atoms with Crippen LogP contribution >= 0.6 is 0 Å². The van der Waals surface area contributed by atoms with Crippen LogP contribution in [0.3, 0.4) is 0 Å². The van der Waals surface area contributed by atoms with E-state index in [-0.39, 0.29) is 17.8 Å². The van der Waals surface area contributed by atoms with Gasteiger partial charge in [0.1, 0.15) is 5.65 Å². The maximum absolute atomic E-state index is 13.3. The Balaban J connectivity index is 1.61. The highest BCUT2D eigenvalue weighted by molar-refractivity contribution is 7.96. The Morgan fingerprint density at radius 2 is 2.03 bits per heavy atom. The van der Waals surface area contributed by atoms with Gasteiger partial charge in [0, 0.05) is 42.2 Å². The molecule has 3 N–H and O–H groups in total. The van der Waals surface area contributed by atoms with E-state index in [1.165, 1.54) is 0 Å². The fraction of sp³-hybridized carbons (Fsp3) is 0.429. The zero-order valence-electron chi connectivity index (χ0n) is 21.6. The van der Waals surface area contributed by atoms with Gasteiger partial charge in [0.2, 0.25) is 0 Å². The fourth-order valence-electron chi connectivity index (χ4n) is 5.08. The van der Waals surface area contributed by atoms with E-state index in [4.69, 9.17) is 5.11 Å². The minimum Gasteiger partial charge on any atom is -0.395 e. The summed E-state index contributed by atoms with van der Waals surface area (Å²) in [6.07, 6.45) is 8.24. The Hall–Kier alpha value is -3.01. The van der Waals surface area contributed by atoms with E-state index in [2.05, 4.69) is 21.4 Å². The number of pyridine rings is 1. The molecule has 37 heavy (non-hydrogen) atoms. The van der Waals surface area contributed by atoms with Gasteiger partial charge in [-0.15, -0.1) is 0 Å². The van der Waals surface area contributed by atoms with Gasteiger partial charge in [0.15, 0.2) is 9.84 Å². The number of benzene rings is 1. The first-order chi connectivity index (χ1) is 17.7. The van der Waals surface area contributed by atoms with Crippen molar-refractivity contribution in [3.05, 3.63) is 57.6 Å². The number of aromatic nitrogens is 2. The number of rotatable bonds is 9. The van der Waals surface area contributed by atoms with Gasteiger partial charge in [-0.2, -0.15) is 0 Å². The van der Waals surface area contributed by atoms with Crippen molar-refractivity contribution in [3.63, 3.8) is 0 Å². The van der Waals surface area contributed by atoms with Crippen LogP contribution in [-0.4, -0.2) is 72.8 Å². The number of H-pyrrole nitrogens is 1. The van der Waals surface area contributed by atoms with Gasteiger partial charge < -0.3 is 20.3 Å². The van der Waals surface area contributed by atoms with E-state index >= 15 is 0 Å². The summed E-state index contributed by atoms with van der Waals surface area (Å²) in [5.74, 6) is -0.182. The van der Waals surface area contributed by atoms with Crippen molar-refractivity contribution in [1.29, 1.82) is 0 Å². The highest BCUT2D eigenvalue weighted by atomic mass is 32.2. The maximum Gasteiger partial charge on any atom is 0.251 e. The van der Waals surface area contributed by atoms with Crippen LogP contribution in [0.4, 0.5) is 0 Å². The van der Waals surface area contributed by atoms with Gasteiger partial charge in [0.25, 0.3) is 5.91 Å². The summed E-state index contributed by atoms with van der Waals surface area (Å²) in [6.45, 7) is 5.61. The van der Waals surface area contributed by atoms with E-state index in [0.29, 0.717) is 42.9 Å². The summed E-state index contributed by atoms with van der Waals surface area (Å²) >= 11 is 0. The van der Waals surface area contributed by atoms with Gasteiger partial charge in [-0.1, -0.05) is 6.08 Å². The Kier molecular flexibility index (Phi) is 6.95. The summed E-state index contributed by atoms with van der Waals surface area (Å²) in [7, 11) is -1.42. The molecule has 0 aliphatic heterocycles. The minimum absolute atomic E-state index is 0.0689. The summed E-state index contributed by atoms with van der Waals surface area (Å²) in [6, 6.07) is 4.00. The monoisotopic (exact) mass is 522 g/mol. The molecule has 9 heteroatoms. The molecule has 1 amide bonds. The van der Waals surface area contributed by atoms with Crippen LogP contribution in [0.1, 0.15) is 52.7 Å². The van der Waals surface area contributed by atoms with Crippen molar-refractivity contribution in [2.45, 2.75) is 44.8 Å². The highest BCUT2D eigenvalue weighted by Crippen LogP contribution is 2.41. The average molecular weight is 523 g/mol. The average Bonchev–Trinajstić information content (AvgIpc) is 3.67. The number of amides is 1. The van der Waals surface area contributed by atoms with Gasteiger partial charge in [-0.3, -0.25) is 4.79 Å². The number of aliphatic hydroxyl groups is 1. The van der Waals surface area contributed by atoms with Gasteiger partial charge >= 0.3 is 0 Å². The van der Waals surface area contributed by atoms with Gasteiger partial charge in [0.05, 0.1) is 22.3 Å². The third kappa shape index (κ3) is 4.95. The summed E-state index contributed by atoms with van der Waals surface area (Å²) in [4.78, 5) is 23.7. The number of carbonyl (C=O) groups excluding carboxylic acids is 1. The van der Waals surface area contributed by atoms with Crippen LogP contribution in [0.25, 0.3) is 27.5 Å². The Labute approximate surface area is 217 Å². The fourth-order valence-corrected chi connectivity index (χ4v) is 6.88. The molecule has 5 rings (SSSR count). The van der Waals surface area contributed by atoms with Crippen LogP contribution in [0.5, 0.6) is 0 Å². The summed E-state index contributed by atoms with van der Waals surface area (Å²) in [5.41, 5.74) is 5.79. The number of nitrogens with one attached hydrogen (secondary N) is 2. The SMILES string of the molecule is Cc1cnc2[nH]c3c(C)c(C(=O)NCCN(C)CCO)cc(C4=CC(S(=O)(=O)C5CC5)=CCC4)c3c2c1. The number of aryl methyl sites for hydroxylation is 2. The molecule has 2 aliphatic rings. The molecule has 1 saturated carbocycles. The van der Waals surface area contributed by atoms with E-state index in [1.807, 2.05) is 50.2 Å². The zero-order chi connectivity index (χ0) is 26.3. The first-order valence-electron chi connectivity index (χ1n) is 12.8. The predicted molar refractivity (Wildman–Crippen MR) is 147 cm³/mol. The van der Waals surface area contributed by atoms with Crippen molar-refractivity contribution in [2.24, 2.45) is 0 Å². The third-order valence-electron chi connectivity index (χ3n) is 7.34. The smallest absolute Gasteiger partial charge is 0.251 e. The van der Waals surface area contributed by atoms with Crippen molar-refractivity contribution in [1.82, 2.24) is 20.2 Å². The molecule has 2 heterocycles. The molecule has 0 spiro atoms. The molecular formula is C28H34N4O4S. The molecule has 3 aromatic rings. The Morgan fingerprint density at radius 3 is 2.76 bits per heavy atom. The lowest BCUT2D eigenvalue weighted by Crippen LogP contribution is -2.34. The number of carbonyl (C=O) groups is 1. The molecule has 0 atom stereocenters. The molecule has 0 bridgehead atoms. The number of sulfone groups is 1. The van der Waals surface area contributed by atoms with Crippen LogP contribution in [-0.2, 0) is 9.84 Å². The number of aromatic amines is 1. The number of hydrogen-bond donors (Lipinski definition) is 3. The Morgan fingerprint density at radius 1 is 1.24 bits per heavy atom. The van der Waals surface area contributed by atoms with Crippen LogP contribution in [0.15, 0.2) is 35.4 Å².